The van der Waals surface area contributed by atoms with Crippen molar-refractivity contribution in [1.82, 2.24) is 9.88 Å². The highest BCUT2D eigenvalue weighted by molar-refractivity contribution is 5.89. The number of H-pyrrole nitrogens is 1. The Morgan fingerprint density at radius 3 is 2.76 bits per heavy atom. The maximum atomic E-state index is 12.4. The van der Waals surface area contributed by atoms with Crippen LogP contribution in [0.3, 0.4) is 0 Å². The van der Waals surface area contributed by atoms with Crippen molar-refractivity contribution in [3.8, 4) is 5.75 Å². The van der Waals surface area contributed by atoms with Crippen molar-refractivity contribution < 1.29 is 19.1 Å². The molecule has 1 fully saturated rings. The summed E-state index contributed by atoms with van der Waals surface area (Å²) in [6.45, 7) is 6.03. The Balaban J connectivity index is 1.87. The van der Waals surface area contributed by atoms with Gasteiger partial charge in [0.15, 0.2) is 5.78 Å². The summed E-state index contributed by atoms with van der Waals surface area (Å²) < 4.78 is 10.7. The van der Waals surface area contributed by atoms with E-state index in [1.807, 2.05) is 45.2 Å². The fourth-order valence-corrected chi connectivity index (χ4v) is 3.21. The van der Waals surface area contributed by atoms with E-state index in [1.165, 1.54) is 4.90 Å². The highest BCUT2D eigenvalue weighted by Crippen LogP contribution is 2.33. The summed E-state index contributed by atoms with van der Waals surface area (Å²) in [6.07, 6.45) is 1.90. The summed E-state index contributed by atoms with van der Waals surface area (Å²) in [4.78, 5) is 29.3. The van der Waals surface area contributed by atoms with E-state index in [-0.39, 0.29) is 18.2 Å². The molecule has 1 aromatic carbocycles. The molecule has 1 aromatic heterocycles. The number of fused-ring (bicyclic) bond motifs is 1. The second kappa shape index (κ2) is 6.43. The van der Waals surface area contributed by atoms with Crippen molar-refractivity contribution in [3.05, 3.63) is 30.0 Å². The molecule has 1 atom stereocenters. The number of aromatic nitrogens is 1. The molecule has 1 N–H and O–H groups in total. The molecular weight excluding hydrogens is 320 g/mol. The molecule has 0 bridgehead atoms. The van der Waals surface area contributed by atoms with Crippen LogP contribution in [0.15, 0.2) is 24.4 Å². The van der Waals surface area contributed by atoms with Crippen LogP contribution in [0, 0.1) is 0 Å². The van der Waals surface area contributed by atoms with E-state index in [4.69, 9.17) is 9.47 Å². The van der Waals surface area contributed by atoms with Crippen LogP contribution in [0.5, 0.6) is 5.75 Å². The zero-order valence-electron chi connectivity index (χ0n) is 15.1. The summed E-state index contributed by atoms with van der Waals surface area (Å²) in [6, 6.07) is 5.80. The fraction of sp³-hybridized carbons (Fsp3) is 0.474. The first kappa shape index (κ1) is 17.3. The van der Waals surface area contributed by atoms with Gasteiger partial charge in [0.25, 0.3) is 0 Å². The molecule has 134 valence electrons. The number of hydrogen-bond acceptors (Lipinski definition) is 4. The van der Waals surface area contributed by atoms with Gasteiger partial charge in [-0.15, -0.1) is 0 Å². The van der Waals surface area contributed by atoms with Crippen molar-refractivity contribution in [1.29, 1.82) is 0 Å². The van der Waals surface area contributed by atoms with Gasteiger partial charge in [-0.2, -0.15) is 0 Å². The Bertz CT molecular complexity index is 803. The zero-order valence-corrected chi connectivity index (χ0v) is 15.1. The van der Waals surface area contributed by atoms with Crippen molar-refractivity contribution >= 4 is 22.8 Å². The quantitative estimate of drug-likeness (QED) is 0.905. The number of amides is 1. The lowest BCUT2D eigenvalue weighted by atomic mass is 9.90. The highest BCUT2D eigenvalue weighted by atomic mass is 16.6. The highest BCUT2D eigenvalue weighted by Gasteiger charge is 2.33. The number of Topliss-reactive ketones (excluding diaryl/α,β-unsaturated/α-hetero) is 1. The number of likely N-dealkylation sites (tertiary alicyclic amines) is 1. The van der Waals surface area contributed by atoms with Gasteiger partial charge >= 0.3 is 6.09 Å². The molecule has 1 aliphatic heterocycles. The zero-order chi connectivity index (χ0) is 18.2. The molecule has 6 nitrogen and oxygen atoms in total. The summed E-state index contributed by atoms with van der Waals surface area (Å²) in [5.41, 5.74) is 1.43. The average molecular weight is 344 g/mol. The van der Waals surface area contributed by atoms with E-state index >= 15 is 0 Å². The van der Waals surface area contributed by atoms with E-state index in [2.05, 4.69) is 4.98 Å². The van der Waals surface area contributed by atoms with Gasteiger partial charge in [-0.25, -0.2) is 4.79 Å². The van der Waals surface area contributed by atoms with Crippen LogP contribution in [0.2, 0.25) is 0 Å². The molecule has 0 aliphatic carbocycles. The molecule has 3 rings (SSSR count). The van der Waals surface area contributed by atoms with Crippen LogP contribution in [0.25, 0.3) is 10.9 Å². The molecule has 25 heavy (non-hydrogen) atoms. The summed E-state index contributed by atoms with van der Waals surface area (Å²) in [5.74, 6) is 0.744. The molecule has 1 aliphatic rings. The molecule has 0 saturated carbocycles. The van der Waals surface area contributed by atoms with Crippen LogP contribution < -0.4 is 4.74 Å². The van der Waals surface area contributed by atoms with Crippen molar-refractivity contribution in [3.63, 3.8) is 0 Å². The van der Waals surface area contributed by atoms with Crippen LogP contribution >= 0.6 is 0 Å². The van der Waals surface area contributed by atoms with Crippen LogP contribution in [0.4, 0.5) is 4.79 Å². The monoisotopic (exact) mass is 344 g/mol. The number of ether oxygens (including phenoxy) is 2. The van der Waals surface area contributed by atoms with Gasteiger partial charge in [0.1, 0.15) is 11.4 Å². The first-order chi connectivity index (χ1) is 11.8. The number of carbonyl (C=O) groups excluding carboxylic acids is 2. The van der Waals surface area contributed by atoms with E-state index in [1.54, 1.807) is 7.11 Å². The first-order valence-electron chi connectivity index (χ1n) is 8.41. The molecule has 2 heterocycles. The third-order valence-electron chi connectivity index (χ3n) is 4.29. The SMILES string of the molecule is COc1ccc2[nH]cc(C3CC(=O)CN(C(=O)OC(C)(C)C)C3)c2c1. The van der Waals surface area contributed by atoms with E-state index in [0.29, 0.717) is 13.0 Å². The lowest BCUT2D eigenvalue weighted by Gasteiger charge is -2.33. The number of piperidine rings is 1. The van der Waals surface area contributed by atoms with Crippen LogP contribution in [-0.4, -0.2) is 47.6 Å². The van der Waals surface area contributed by atoms with Gasteiger partial charge < -0.3 is 19.4 Å². The van der Waals surface area contributed by atoms with Crippen molar-refractivity contribution in [2.75, 3.05) is 20.2 Å². The molecule has 1 saturated heterocycles. The number of methoxy groups -OCH3 is 1. The van der Waals surface area contributed by atoms with Gasteiger partial charge in [-0.05, 0) is 44.5 Å². The Labute approximate surface area is 147 Å². The molecule has 0 spiro atoms. The topological polar surface area (TPSA) is 71.6 Å². The number of nitrogens with zero attached hydrogens (tertiary/aromatic N) is 1. The number of ketones is 1. The van der Waals surface area contributed by atoms with E-state index in [0.717, 1.165) is 22.2 Å². The predicted octanol–water partition coefficient (Wildman–Crippen LogP) is 3.47. The minimum absolute atomic E-state index is 0.0411. The van der Waals surface area contributed by atoms with Gasteiger partial charge in [-0.3, -0.25) is 4.79 Å². The maximum Gasteiger partial charge on any atom is 0.410 e. The number of rotatable bonds is 2. The van der Waals surface area contributed by atoms with Crippen molar-refractivity contribution in [2.45, 2.75) is 38.7 Å². The molecular formula is C19H24N2O4. The number of benzene rings is 1. The molecule has 1 unspecified atom stereocenters. The third-order valence-corrected chi connectivity index (χ3v) is 4.29. The maximum absolute atomic E-state index is 12.4. The van der Waals surface area contributed by atoms with E-state index < -0.39 is 11.7 Å². The summed E-state index contributed by atoms with van der Waals surface area (Å²) in [5, 5.41) is 1.02. The van der Waals surface area contributed by atoms with Crippen LogP contribution in [-0.2, 0) is 9.53 Å². The minimum atomic E-state index is -0.582. The summed E-state index contributed by atoms with van der Waals surface area (Å²) in [7, 11) is 1.63. The van der Waals surface area contributed by atoms with E-state index in [9.17, 15) is 9.59 Å². The molecule has 0 radical (unpaired) electrons. The van der Waals surface area contributed by atoms with Crippen molar-refractivity contribution in [2.24, 2.45) is 0 Å². The Kier molecular flexibility index (Phi) is 4.45. The average Bonchev–Trinajstić information content (AvgIpc) is 2.95. The molecule has 6 heteroatoms. The second-order valence-corrected chi connectivity index (χ2v) is 7.46. The first-order valence-corrected chi connectivity index (χ1v) is 8.41. The Hall–Kier alpha value is -2.50. The number of nitrogens with one attached hydrogen (secondary N) is 1. The third kappa shape index (κ3) is 3.78. The Morgan fingerprint density at radius 1 is 1.32 bits per heavy atom. The minimum Gasteiger partial charge on any atom is -0.497 e. The summed E-state index contributed by atoms with van der Waals surface area (Å²) >= 11 is 0. The largest absolute Gasteiger partial charge is 0.497 e. The molecule has 2 aromatic rings. The lowest BCUT2D eigenvalue weighted by molar-refractivity contribution is -0.122. The number of hydrogen-bond donors (Lipinski definition) is 1. The number of aromatic amines is 1. The Morgan fingerprint density at radius 2 is 2.08 bits per heavy atom. The smallest absolute Gasteiger partial charge is 0.410 e. The standard InChI is InChI=1S/C19H24N2O4/c1-19(2,3)25-18(23)21-10-12(7-13(22)11-21)16-9-20-17-6-5-14(24-4)8-15(16)17/h5-6,8-9,12,20H,7,10-11H2,1-4H3. The fourth-order valence-electron chi connectivity index (χ4n) is 3.21. The normalized spacial score (nSPS) is 18.5. The van der Waals surface area contributed by atoms with Gasteiger partial charge in [-0.1, -0.05) is 0 Å². The second-order valence-electron chi connectivity index (χ2n) is 7.46. The van der Waals surface area contributed by atoms with Gasteiger partial charge in [0, 0.05) is 36.0 Å². The van der Waals surface area contributed by atoms with Crippen LogP contribution in [0.1, 0.15) is 38.7 Å². The molecule has 1 amide bonds. The van der Waals surface area contributed by atoms with Gasteiger partial charge in [0.05, 0.1) is 13.7 Å². The predicted molar refractivity (Wildman–Crippen MR) is 95.0 cm³/mol. The van der Waals surface area contributed by atoms with Gasteiger partial charge in [0.2, 0.25) is 0 Å². The number of carbonyl (C=O) groups is 2. The lowest BCUT2D eigenvalue weighted by Crippen LogP contribution is -2.45.